The molecule has 23 heavy (non-hydrogen) atoms. The monoisotopic (exact) mass is 338 g/mol. The highest BCUT2D eigenvalue weighted by atomic mass is 35.5. The van der Waals surface area contributed by atoms with Gasteiger partial charge in [0.2, 0.25) is 0 Å². The Morgan fingerprint density at radius 2 is 2.30 bits per heavy atom. The minimum atomic E-state index is -0.625. The van der Waals surface area contributed by atoms with Gasteiger partial charge in [0.1, 0.15) is 5.69 Å². The van der Waals surface area contributed by atoms with Crippen LogP contribution in [0.5, 0.6) is 0 Å². The van der Waals surface area contributed by atoms with Crippen molar-refractivity contribution in [1.29, 1.82) is 0 Å². The Bertz CT molecular complexity index is 721. The van der Waals surface area contributed by atoms with E-state index in [1.807, 2.05) is 0 Å². The van der Waals surface area contributed by atoms with E-state index in [1.165, 1.54) is 23.0 Å². The Labute approximate surface area is 137 Å². The summed E-state index contributed by atoms with van der Waals surface area (Å²) in [7, 11) is 0. The first kappa shape index (κ1) is 15.9. The molecule has 1 aromatic heterocycles. The van der Waals surface area contributed by atoms with Crippen LogP contribution < -0.4 is 5.32 Å². The van der Waals surface area contributed by atoms with Crippen LogP contribution in [-0.4, -0.2) is 38.7 Å². The van der Waals surface area contributed by atoms with E-state index in [2.05, 4.69) is 15.6 Å². The van der Waals surface area contributed by atoms with Gasteiger partial charge in [0.05, 0.1) is 17.3 Å². The van der Waals surface area contributed by atoms with Gasteiger partial charge in [-0.2, -0.15) is 0 Å². The molecule has 1 saturated carbocycles. The molecule has 1 amide bonds. The van der Waals surface area contributed by atoms with E-state index in [4.69, 9.17) is 11.6 Å². The lowest BCUT2D eigenvalue weighted by Gasteiger charge is -2.14. The second kappa shape index (κ2) is 6.64. The maximum absolute atomic E-state index is 13.9. The van der Waals surface area contributed by atoms with Crippen molar-refractivity contribution in [3.8, 4) is 5.69 Å². The van der Waals surface area contributed by atoms with Crippen LogP contribution in [0.3, 0.4) is 0 Å². The van der Waals surface area contributed by atoms with Crippen molar-refractivity contribution < 1.29 is 14.3 Å². The van der Waals surface area contributed by atoms with E-state index in [0.29, 0.717) is 6.54 Å². The number of nitrogens with one attached hydrogen (secondary N) is 1. The predicted octanol–water partition coefficient (Wildman–Crippen LogP) is 1.95. The maximum atomic E-state index is 13.9. The van der Waals surface area contributed by atoms with Crippen molar-refractivity contribution in [2.45, 2.75) is 25.4 Å². The van der Waals surface area contributed by atoms with Gasteiger partial charge in [-0.25, -0.2) is 9.07 Å². The van der Waals surface area contributed by atoms with Gasteiger partial charge in [0.25, 0.3) is 5.91 Å². The number of carbonyl (C=O) groups is 1. The number of amides is 1. The first-order valence-corrected chi connectivity index (χ1v) is 7.77. The number of benzene rings is 1. The summed E-state index contributed by atoms with van der Waals surface area (Å²) in [4.78, 5) is 12.1. The number of nitrogens with zero attached hydrogens (tertiary/aromatic N) is 3. The van der Waals surface area contributed by atoms with Crippen LogP contribution in [-0.2, 0) is 0 Å². The molecule has 1 aliphatic rings. The van der Waals surface area contributed by atoms with E-state index in [-0.39, 0.29) is 28.4 Å². The van der Waals surface area contributed by atoms with Crippen LogP contribution in [0, 0.1) is 11.7 Å². The molecular weight excluding hydrogens is 323 g/mol. The molecule has 0 saturated heterocycles. The lowest BCUT2D eigenvalue weighted by Crippen LogP contribution is -2.32. The van der Waals surface area contributed by atoms with E-state index in [1.54, 1.807) is 6.07 Å². The summed E-state index contributed by atoms with van der Waals surface area (Å²) in [6, 6.07) is 4.51. The highest BCUT2D eigenvalue weighted by Gasteiger charge is 2.26. The van der Waals surface area contributed by atoms with E-state index in [9.17, 15) is 14.3 Å². The van der Waals surface area contributed by atoms with Crippen LogP contribution >= 0.6 is 11.6 Å². The van der Waals surface area contributed by atoms with Crippen LogP contribution in [0.15, 0.2) is 24.4 Å². The fraction of sp³-hybridized carbons (Fsp3) is 0.400. The molecule has 1 aliphatic carbocycles. The standard InChI is InChI=1S/C15H16ClFN4O2/c16-10-4-2-5-12(14(10)17)21-8-11(19-20-21)15(23)18-7-9-3-1-6-13(9)22/h2,4-5,8-9,13,22H,1,3,6-7H2,(H,18,23)/t9-,13+/m1/s1. The summed E-state index contributed by atoms with van der Waals surface area (Å²) < 4.78 is 15.1. The SMILES string of the molecule is O=C(NC[C@H]1CCC[C@@H]1O)c1cn(-c2cccc(Cl)c2F)nn1. The Morgan fingerprint density at radius 3 is 3.04 bits per heavy atom. The molecule has 3 rings (SSSR count). The van der Waals surface area contributed by atoms with Gasteiger partial charge in [-0.1, -0.05) is 29.3 Å². The third-order valence-corrected chi connectivity index (χ3v) is 4.34. The highest BCUT2D eigenvalue weighted by Crippen LogP contribution is 2.24. The molecule has 2 aromatic rings. The molecule has 1 aromatic carbocycles. The van der Waals surface area contributed by atoms with Crippen LogP contribution in [0.1, 0.15) is 29.8 Å². The molecule has 2 N–H and O–H groups in total. The smallest absolute Gasteiger partial charge is 0.273 e. The van der Waals surface area contributed by atoms with E-state index < -0.39 is 11.7 Å². The highest BCUT2D eigenvalue weighted by molar-refractivity contribution is 6.30. The Hall–Kier alpha value is -1.99. The fourth-order valence-corrected chi connectivity index (χ4v) is 2.89. The lowest BCUT2D eigenvalue weighted by atomic mass is 10.1. The number of rotatable bonds is 4. The molecular formula is C15H16ClFN4O2. The van der Waals surface area contributed by atoms with Gasteiger partial charge in [-0.3, -0.25) is 4.79 Å². The van der Waals surface area contributed by atoms with Gasteiger partial charge in [0, 0.05) is 12.5 Å². The quantitative estimate of drug-likeness (QED) is 0.893. The van der Waals surface area contributed by atoms with Crippen LogP contribution in [0.25, 0.3) is 5.69 Å². The Kier molecular flexibility index (Phi) is 4.58. The normalized spacial score (nSPS) is 20.7. The number of aliphatic hydroxyl groups is 1. The molecule has 6 nitrogen and oxygen atoms in total. The summed E-state index contributed by atoms with van der Waals surface area (Å²) in [6.07, 6.45) is 3.60. The van der Waals surface area contributed by atoms with Gasteiger partial charge in [-0.15, -0.1) is 5.10 Å². The summed E-state index contributed by atoms with van der Waals surface area (Å²) in [5, 5.41) is 20.0. The van der Waals surface area contributed by atoms with E-state index in [0.717, 1.165) is 19.3 Å². The summed E-state index contributed by atoms with van der Waals surface area (Å²) in [5.41, 5.74) is 0.201. The first-order valence-electron chi connectivity index (χ1n) is 7.39. The third-order valence-electron chi connectivity index (χ3n) is 4.05. The number of aliphatic hydroxyl groups excluding tert-OH is 1. The second-order valence-corrected chi connectivity index (χ2v) is 6.00. The molecule has 122 valence electrons. The van der Waals surface area contributed by atoms with Crippen molar-refractivity contribution in [3.05, 3.63) is 40.9 Å². The molecule has 0 unspecified atom stereocenters. The molecule has 8 heteroatoms. The number of hydrogen-bond donors (Lipinski definition) is 2. The first-order chi connectivity index (χ1) is 11.1. The van der Waals surface area contributed by atoms with Crippen molar-refractivity contribution in [1.82, 2.24) is 20.3 Å². The molecule has 1 fully saturated rings. The Balaban J connectivity index is 1.69. The fourth-order valence-electron chi connectivity index (χ4n) is 2.72. The number of halogens is 2. The molecule has 0 radical (unpaired) electrons. The molecule has 0 aliphatic heterocycles. The minimum absolute atomic E-state index is 0.0285. The van der Waals surface area contributed by atoms with Crippen molar-refractivity contribution in [2.24, 2.45) is 5.92 Å². The summed E-state index contributed by atoms with van der Waals surface area (Å²) in [6.45, 7) is 0.387. The average molecular weight is 339 g/mol. The van der Waals surface area contributed by atoms with Crippen LogP contribution in [0.4, 0.5) is 4.39 Å². The molecule has 0 spiro atoms. The maximum Gasteiger partial charge on any atom is 0.273 e. The number of carbonyl (C=O) groups excluding carboxylic acids is 1. The van der Waals surface area contributed by atoms with Crippen LogP contribution in [0.2, 0.25) is 5.02 Å². The van der Waals surface area contributed by atoms with Gasteiger partial charge in [0.15, 0.2) is 11.5 Å². The van der Waals surface area contributed by atoms with Gasteiger partial charge >= 0.3 is 0 Å². The zero-order valence-corrected chi connectivity index (χ0v) is 13.0. The summed E-state index contributed by atoms with van der Waals surface area (Å²) in [5.74, 6) is -0.961. The number of hydrogen-bond acceptors (Lipinski definition) is 4. The van der Waals surface area contributed by atoms with Crippen molar-refractivity contribution in [2.75, 3.05) is 6.54 Å². The lowest BCUT2D eigenvalue weighted by molar-refractivity contribution is 0.0912. The topological polar surface area (TPSA) is 80.0 Å². The third kappa shape index (κ3) is 3.35. The van der Waals surface area contributed by atoms with E-state index >= 15 is 0 Å². The second-order valence-electron chi connectivity index (χ2n) is 5.59. The van der Waals surface area contributed by atoms with Crippen molar-refractivity contribution >= 4 is 17.5 Å². The largest absolute Gasteiger partial charge is 0.393 e. The predicted molar refractivity (Wildman–Crippen MR) is 82.0 cm³/mol. The molecule has 1 heterocycles. The average Bonchev–Trinajstić information content (AvgIpc) is 3.17. The van der Waals surface area contributed by atoms with Gasteiger partial charge in [-0.05, 0) is 25.0 Å². The molecule has 2 atom stereocenters. The van der Waals surface area contributed by atoms with Crippen molar-refractivity contribution in [3.63, 3.8) is 0 Å². The summed E-state index contributed by atoms with van der Waals surface area (Å²) >= 11 is 5.73. The Morgan fingerprint density at radius 1 is 1.48 bits per heavy atom. The minimum Gasteiger partial charge on any atom is -0.393 e. The molecule has 0 bridgehead atoms. The van der Waals surface area contributed by atoms with Gasteiger partial charge < -0.3 is 10.4 Å². The zero-order chi connectivity index (χ0) is 16.4. The zero-order valence-electron chi connectivity index (χ0n) is 12.2. The number of aromatic nitrogens is 3.